The first-order valence-electron chi connectivity index (χ1n) is 9.17. The minimum atomic E-state index is 0. The SMILES string of the molecule is COc1ccc(O)c(-c2cccc(-c3cccc(-c4cc(C)ccc4O)n3)n2)c1.[Cl-].[Cl-].[Cl-].[Mn+3]. The van der Waals surface area contributed by atoms with E-state index in [1.165, 1.54) is 0 Å². The Kier molecular flexibility index (Phi) is 12.3. The van der Waals surface area contributed by atoms with Crippen molar-refractivity contribution in [3.63, 3.8) is 0 Å². The fourth-order valence-corrected chi connectivity index (χ4v) is 3.16. The molecule has 2 aromatic heterocycles. The van der Waals surface area contributed by atoms with Crippen LogP contribution in [0.15, 0.2) is 72.8 Å². The maximum absolute atomic E-state index is 10.3. The molecule has 0 fully saturated rings. The number of aromatic nitrogens is 2. The molecule has 0 bridgehead atoms. The van der Waals surface area contributed by atoms with Gasteiger partial charge in [0.25, 0.3) is 0 Å². The molecular formula is C24H20Cl3MnN2O3. The zero-order chi connectivity index (χ0) is 20.4. The van der Waals surface area contributed by atoms with Gasteiger partial charge in [0.2, 0.25) is 0 Å². The van der Waals surface area contributed by atoms with Gasteiger partial charge in [-0.05, 0) is 61.5 Å². The van der Waals surface area contributed by atoms with Crippen molar-refractivity contribution in [2.45, 2.75) is 6.92 Å². The van der Waals surface area contributed by atoms with Crippen molar-refractivity contribution in [2.24, 2.45) is 0 Å². The number of hydrogen-bond acceptors (Lipinski definition) is 5. The average molecular weight is 546 g/mol. The molecule has 0 saturated heterocycles. The third-order valence-corrected chi connectivity index (χ3v) is 4.67. The van der Waals surface area contributed by atoms with Crippen molar-refractivity contribution < 1.29 is 69.2 Å². The number of ether oxygens (including phenoxy) is 1. The van der Waals surface area contributed by atoms with E-state index in [4.69, 9.17) is 9.72 Å². The van der Waals surface area contributed by atoms with E-state index in [9.17, 15) is 10.2 Å². The van der Waals surface area contributed by atoms with Gasteiger partial charge in [-0.25, -0.2) is 9.97 Å². The van der Waals surface area contributed by atoms with Gasteiger partial charge in [-0.1, -0.05) is 23.8 Å². The normalized spacial score (nSPS) is 9.39. The van der Waals surface area contributed by atoms with E-state index in [2.05, 4.69) is 4.98 Å². The first kappa shape index (κ1) is 30.5. The van der Waals surface area contributed by atoms with Crippen LogP contribution in [-0.2, 0) is 17.1 Å². The van der Waals surface area contributed by atoms with Crippen LogP contribution in [-0.4, -0.2) is 27.3 Å². The summed E-state index contributed by atoms with van der Waals surface area (Å²) >= 11 is 0. The van der Waals surface area contributed by atoms with Gasteiger partial charge in [-0.15, -0.1) is 0 Å². The van der Waals surface area contributed by atoms with Gasteiger partial charge in [-0.3, -0.25) is 0 Å². The van der Waals surface area contributed by atoms with Gasteiger partial charge in [0.05, 0.1) is 29.9 Å². The van der Waals surface area contributed by atoms with Crippen molar-refractivity contribution in [1.82, 2.24) is 9.97 Å². The van der Waals surface area contributed by atoms with Crippen LogP contribution in [0.4, 0.5) is 0 Å². The largest absolute Gasteiger partial charge is 3.00 e. The molecule has 0 aliphatic rings. The van der Waals surface area contributed by atoms with Crippen molar-refractivity contribution in [2.75, 3.05) is 7.11 Å². The van der Waals surface area contributed by atoms with Crippen LogP contribution >= 0.6 is 0 Å². The first-order valence-corrected chi connectivity index (χ1v) is 9.17. The molecule has 33 heavy (non-hydrogen) atoms. The maximum Gasteiger partial charge on any atom is 3.00 e. The number of hydrogen-bond donors (Lipinski definition) is 2. The fraction of sp³-hybridized carbons (Fsp3) is 0.0833. The Balaban J connectivity index is 0.00000256. The minimum Gasteiger partial charge on any atom is -1.00 e. The van der Waals surface area contributed by atoms with Crippen molar-refractivity contribution in [3.8, 4) is 51.2 Å². The zero-order valence-electron chi connectivity index (χ0n) is 17.6. The van der Waals surface area contributed by atoms with Gasteiger partial charge >= 0.3 is 17.1 Å². The van der Waals surface area contributed by atoms with Gasteiger partial charge < -0.3 is 52.2 Å². The van der Waals surface area contributed by atoms with Crippen molar-refractivity contribution >= 4 is 0 Å². The van der Waals surface area contributed by atoms with E-state index < -0.39 is 0 Å². The average Bonchev–Trinajstić information content (AvgIpc) is 2.76. The predicted octanol–water partition coefficient (Wildman–Crippen LogP) is -3.78. The quantitative estimate of drug-likeness (QED) is 0.258. The second-order valence-corrected chi connectivity index (χ2v) is 6.72. The van der Waals surface area contributed by atoms with Crippen LogP contribution in [0.5, 0.6) is 17.2 Å². The summed E-state index contributed by atoms with van der Waals surface area (Å²) < 4.78 is 5.26. The van der Waals surface area contributed by atoms with Crippen LogP contribution in [0.3, 0.4) is 0 Å². The molecule has 0 unspecified atom stereocenters. The molecule has 0 aliphatic carbocycles. The zero-order valence-corrected chi connectivity index (χ0v) is 21.1. The molecule has 0 saturated carbocycles. The molecule has 0 atom stereocenters. The Hall–Kier alpha value is -2.47. The molecule has 172 valence electrons. The Morgan fingerprint density at radius 2 is 1.09 bits per heavy atom. The number of methoxy groups -OCH3 is 1. The molecule has 2 N–H and O–H groups in total. The van der Waals surface area contributed by atoms with Crippen LogP contribution in [0.1, 0.15) is 5.56 Å². The Morgan fingerprint density at radius 1 is 0.636 bits per heavy atom. The summed E-state index contributed by atoms with van der Waals surface area (Å²) in [4.78, 5) is 9.38. The number of aromatic hydroxyl groups is 2. The summed E-state index contributed by atoms with van der Waals surface area (Å²) in [5.41, 5.74) is 4.92. The summed E-state index contributed by atoms with van der Waals surface area (Å²) in [7, 11) is 1.58. The predicted molar refractivity (Wildman–Crippen MR) is 113 cm³/mol. The van der Waals surface area contributed by atoms with Gasteiger partial charge in [0, 0.05) is 11.1 Å². The van der Waals surface area contributed by atoms with E-state index in [1.807, 2.05) is 55.5 Å². The molecule has 0 aliphatic heterocycles. The van der Waals surface area contributed by atoms with Crippen LogP contribution < -0.4 is 42.0 Å². The molecular weight excluding hydrogens is 526 g/mol. The van der Waals surface area contributed by atoms with Gasteiger partial charge in [0.15, 0.2) is 0 Å². The Morgan fingerprint density at radius 3 is 1.61 bits per heavy atom. The van der Waals surface area contributed by atoms with Crippen LogP contribution in [0, 0.1) is 6.92 Å². The smallest absolute Gasteiger partial charge is 1.00 e. The van der Waals surface area contributed by atoms with Gasteiger partial charge in [0.1, 0.15) is 17.2 Å². The van der Waals surface area contributed by atoms with E-state index in [-0.39, 0.29) is 65.8 Å². The summed E-state index contributed by atoms with van der Waals surface area (Å²) in [6.07, 6.45) is 0. The van der Waals surface area contributed by atoms with Gasteiger partial charge in [-0.2, -0.15) is 0 Å². The van der Waals surface area contributed by atoms with E-state index >= 15 is 0 Å². The molecule has 4 rings (SSSR count). The van der Waals surface area contributed by atoms with E-state index in [0.717, 1.165) is 5.56 Å². The first-order chi connectivity index (χ1) is 14.0. The summed E-state index contributed by atoms with van der Waals surface area (Å²) in [6.45, 7) is 1.97. The number of pyridine rings is 2. The minimum absolute atomic E-state index is 0. The Bertz CT molecular complexity index is 1210. The number of rotatable bonds is 4. The molecule has 2 heterocycles. The molecule has 0 spiro atoms. The summed E-state index contributed by atoms with van der Waals surface area (Å²) in [6, 6.07) is 21.6. The topological polar surface area (TPSA) is 75.5 Å². The van der Waals surface area contributed by atoms with Crippen LogP contribution in [0.2, 0.25) is 0 Å². The molecule has 9 heteroatoms. The number of phenolic OH excluding ortho intramolecular Hbond substituents is 2. The molecule has 0 radical (unpaired) electrons. The number of nitrogens with zero attached hydrogens (tertiary/aromatic N) is 2. The monoisotopic (exact) mass is 544 g/mol. The summed E-state index contributed by atoms with van der Waals surface area (Å²) in [5.74, 6) is 0.949. The van der Waals surface area contributed by atoms with Crippen molar-refractivity contribution in [3.05, 3.63) is 78.4 Å². The second kappa shape index (κ2) is 13.3. The standard InChI is InChI=1S/C24H20N2O3.3ClH.Mn/c1-15-9-11-23(27)17(13-15)19-5-3-7-21(25-19)22-8-4-6-20(26-22)18-14-16(29-2)10-12-24(18)28;;;;/h3-14,27-28H,1-2H3;3*1H;/q;;;;+3/p-3. The number of halogens is 3. The third kappa shape index (κ3) is 6.76. The molecule has 4 aromatic rings. The van der Waals surface area contributed by atoms with E-state index in [1.54, 1.807) is 31.4 Å². The summed E-state index contributed by atoms with van der Waals surface area (Å²) in [5, 5.41) is 20.5. The molecule has 5 nitrogen and oxygen atoms in total. The number of aryl methyl sites for hydroxylation is 1. The third-order valence-electron chi connectivity index (χ3n) is 4.67. The van der Waals surface area contributed by atoms with Crippen molar-refractivity contribution in [1.29, 1.82) is 0 Å². The van der Waals surface area contributed by atoms with Crippen LogP contribution in [0.25, 0.3) is 33.9 Å². The second-order valence-electron chi connectivity index (χ2n) is 6.72. The molecule has 2 aromatic carbocycles. The number of benzene rings is 2. The fourth-order valence-electron chi connectivity index (χ4n) is 3.16. The van der Waals surface area contributed by atoms with E-state index in [0.29, 0.717) is 39.7 Å². The number of phenols is 2. The maximum atomic E-state index is 10.3. The Labute approximate surface area is 222 Å². The molecule has 0 amide bonds.